The van der Waals surface area contributed by atoms with E-state index >= 15 is 0 Å². The average molecular weight is 418 g/mol. The molecule has 1 saturated heterocycles. The molecule has 2 atom stereocenters. The number of nitrogens with one attached hydrogen (secondary N) is 1. The van der Waals surface area contributed by atoms with Gasteiger partial charge in [-0.05, 0) is 27.2 Å². The Morgan fingerprint density at radius 2 is 2.07 bits per heavy atom. The fourth-order valence-corrected chi connectivity index (χ4v) is 3.42. The zero-order valence-electron chi connectivity index (χ0n) is 17.6. The van der Waals surface area contributed by atoms with Crippen molar-refractivity contribution < 1.29 is 23.5 Å². The molecule has 0 aromatic carbocycles. The minimum Gasteiger partial charge on any atom is -0.500 e. The standard InChI is InChI=1S/C21H27FN4O4/c1-21(2,3)30-20(28)26-11-13(22)9-16(26)19(27)25-18-10-15(23-12-24-18)14-7-5-6-8-17(14)29-4/h5,7,10,12-13,16H,6,8-9,11H2,1-4H3,(H,23,24,25,27). The largest absolute Gasteiger partial charge is 0.500 e. The first-order valence-corrected chi connectivity index (χ1v) is 9.88. The fraction of sp³-hybridized carbons (Fsp3) is 0.524. The molecule has 2 unspecified atom stereocenters. The highest BCUT2D eigenvalue weighted by Gasteiger charge is 2.41. The van der Waals surface area contributed by atoms with Crippen molar-refractivity contribution in [3.63, 3.8) is 0 Å². The Hall–Kier alpha value is -2.97. The molecule has 1 N–H and O–H groups in total. The van der Waals surface area contributed by atoms with E-state index in [0.29, 0.717) is 5.69 Å². The second-order valence-electron chi connectivity index (χ2n) is 8.24. The molecule has 2 heterocycles. The van der Waals surface area contributed by atoms with Crippen LogP contribution in [0.3, 0.4) is 0 Å². The first-order valence-electron chi connectivity index (χ1n) is 9.88. The van der Waals surface area contributed by atoms with Gasteiger partial charge in [-0.15, -0.1) is 0 Å². The number of anilines is 1. The molecule has 0 saturated carbocycles. The van der Waals surface area contributed by atoms with Crippen molar-refractivity contribution in [3.8, 4) is 0 Å². The van der Waals surface area contributed by atoms with Crippen molar-refractivity contribution in [1.82, 2.24) is 14.9 Å². The van der Waals surface area contributed by atoms with E-state index in [2.05, 4.69) is 15.3 Å². The lowest BCUT2D eigenvalue weighted by Crippen LogP contribution is -2.45. The van der Waals surface area contributed by atoms with Crippen LogP contribution in [0.2, 0.25) is 0 Å². The van der Waals surface area contributed by atoms with Gasteiger partial charge < -0.3 is 14.8 Å². The van der Waals surface area contributed by atoms with Gasteiger partial charge in [-0.2, -0.15) is 0 Å². The molecule has 8 nitrogen and oxygen atoms in total. The van der Waals surface area contributed by atoms with Crippen molar-refractivity contribution in [3.05, 3.63) is 36.0 Å². The van der Waals surface area contributed by atoms with Crippen molar-refractivity contribution in [2.45, 2.75) is 57.8 Å². The number of likely N-dealkylation sites (tertiary alicyclic amines) is 1. The third-order valence-corrected chi connectivity index (χ3v) is 4.74. The first-order chi connectivity index (χ1) is 14.2. The first kappa shape index (κ1) is 21.7. The highest BCUT2D eigenvalue weighted by molar-refractivity contribution is 5.96. The van der Waals surface area contributed by atoms with Gasteiger partial charge in [0.25, 0.3) is 0 Å². The zero-order chi connectivity index (χ0) is 21.9. The Morgan fingerprint density at radius 3 is 2.77 bits per heavy atom. The Balaban J connectivity index is 1.76. The number of carbonyl (C=O) groups is 2. The monoisotopic (exact) mass is 418 g/mol. The lowest BCUT2D eigenvalue weighted by atomic mass is 10.0. The molecule has 0 bridgehead atoms. The van der Waals surface area contributed by atoms with Gasteiger partial charge in [-0.25, -0.2) is 19.2 Å². The number of halogens is 1. The summed E-state index contributed by atoms with van der Waals surface area (Å²) in [6, 6.07) is 0.651. The predicted molar refractivity (Wildman–Crippen MR) is 109 cm³/mol. The summed E-state index contributed by atoms with van der Waals surface area (Å²) in [5, 5.41) is 2.67. The minimum atomic E-state index is -1.30. The Kier molecular flexibility index (Phi) is 6.38. The Bertz CT molecular complexity index is 878. The van der Waals surface area contributed by atoms with Crippen LogP contribution in [0.4, 0.5) is 15.0 Å². The third kappa shape index (κ3) is 5.14. The number of hydrogen-bond acceptors (Lipinski definition) is 6. The summed E-state index contributed by atoms with van der Waals surface area (Å²) in [5.41, 5.74) is 0.683. The Morgan fingerprint density at radius 1 is 1.30 bits per heavy atom. The molecular formula is C21H27FN4O4. The third-order valence-electron chi connectivity index (χ3n) is 4.74. The predicted octanol–water partition coefficient (Wildman–Crippen LogP) is 3.47. The van der Waals surface area contributed by atoms with Crippen LogP contribution in [0.1, 0.15) is 45.7 Å². The number of methoxy groups -OCH3 is 1. The highest BCUT2D eigenvalue weighted by atomic mass is 19.1. The van der Waals surface area contributed by atoms with Gasteiger partial charge in [0.1, 0.15) is 35.7 Å². The van der Waals surface area contributed by atoms with Gasteiger partial charge in [-0.3, -0.25) is 9.69 Å². The number of rotatable bonds is 4. The molecule has 1 aliphatic heterocycles. The molecule has 1 aromatic rings. The summed E-state index contributed by atoms with van der Waals surface area (Å²) < 4.78 is 24.8. The number of ether oxygens (including phenoxy) is 2. The molecule has 1 aromatic heterocycles. The van der Waals surface area contributed by atoms with E-state index in [1.807, 2.05) is 12.2 Å². The second kappa shape index (κ2) is 8.81. The molecule has 0 spiro atoms. The molecule has 1 fully saturated rings. The molecule has 0 radical (unpaired) electrons. The van der Waals surface area contributed by atoms with E-state index in [4.69, 9.17) is 9.47 Å². The van der Waals surface area contributed by atoms with Crippen molar-refractivity contribution in [2.24, 2.45) is 0 Å². The van der Waals surface area contributed by atoms with Crippen LogP contribution in [0.25, 0.3) is 5.57 Å². The summed E-state index contributed by atoms with van der Waals surface area (Å²) in [6.45, 7) is 4.97. The van der Waals surface area contributed by atoms with Crippen molar-refractivity contribution >= 4 is 23.4 Å². The summed E-state index contributed by atoms with van der Waals surface area (Å²) in [7, 11) is 1.61. The number of carbonyl (C=O) groups excluding carboxylic acids is 2. The van der Waals surface area contributed by atoms with Gasteiger partial charge >= 0.3 is 6.09 Å². The van der Waals surface area contributed by atoms with E-state index in [-0.39, 0.29) is 18.8 Å². The molecule has 2 aliphatic rings. The summed E-state index contributed by atoms with van der Waals surface area (Å²) >= 11 is 0. The van der Waals surface area contributed by atoms with Crippen LogP contribution < -0.4 is 5.32 Å². The van der Waals surface area contributed by atoms with E-state index in [1.54, 1.807) is 33.9 Å². The molecular weight excluding hydrogens is 391 g/mol. The quantitative estimate of drug-likeness (QED) is 0.805. The maximum absolute atomic E-state index is 14.0. The average Bonchev–Trinajstić information content (AvgIpc) is 3.09. The highest BCUT2D eigenvalue weighted by Crippen LogP contribution is 2.28. The van der Waals surface area contributed by atoms with Gasteiger partial charge in [0, 0.05) is 24.5 Å². The fourth-order valence-electron chi connectivity index (χ4n) is 3.42. The lowest BCUT2D eigenvalue weighted by molar-refractivity contribution is -0.120. The number of alkyl halides is 1. The smallest absolute Gasteiger partial charge is 0.411 e. The van der Waals surface area contributed by atoms with Crippen molar-refractivity contribution in [1.29, 1.82) is 0 Å². The molecule has 2 amide bonds. The van der Waals surface area contributed by atoms with Crippen molar-refractivity contribution in [2.75, 3.05) is 19.0 Å². The van der Waals surface area contributed by atoms with Gasteiger partial charge in [0.2, 0.25) is 5.91 Å². The van der Waals surface area contributed by atoms with E-state index in [1.165, 1.54) is 6.33 Å². The van der Waals surface area contributed by atoms with Gasteiger partial charge in [0.05, 0.1) is 19.3 Å². The lowest BCUT2D eigenvalue weighted by Gasteiger charge is -2.27. The van der Waals surface area contributed by atoms with Gasteiger partial charge in [-0.1, -0.05) is 12.2 Å². The number of hydrogen-bond donors (Lipinski definition) is 1. The van der Waals surface area contributed by atoms with E-state index in [0.717, 1.165) is 29.1 Å². The topological polar surface area (TPSA) is 93.7 Å². The molecule has 3 rings (SSSR count). The van der Waals surface area contributed by atoms with Crippen LogP contribution >= 0.6 is 0 Å². The molecule has 30 heavy (non-hydrogen) atoms. The molecule has 9 heteroatoms. The number of nitrogens with zero attached hydrogens (tertiary/aromatic N) is 3. The molecule has 162 valence electrons. The second-order valence-corrected chi connectivity index (χ2v) is 8.24. The van der Waals surface area contributed by atoms with Gasteiger partial charge in [0.15, 0.2) is 0 Å². The summed E-state index contributed by atoms with van der Waals surface area (Å²) in [6.07, 6.45) is 4.83. The summed E-state index contributed by atoms with van der Waals surface area (Å²) in [4.78, 5) is 34.7. The van der Waals surface area contributed by atoms with Crippen LogP contribution in [-0.2, 0) is 14.3 Å². The van der Waals surface area contributed by atoms with Crippen LogP contribution in [0.5, 0.6) is 0 Å². The van der Waals surface area contributed by atoms with Crippen LogP contribution in [0, 0.1) is 0 Å². The normalized spacial score (nSPS) is 21.6. The zero-order valence-corrected chi connectivity index (χ0v) is 17.6. The van der Waals surface area contributed by atoms with E-state index in [9.17, 15) is 14.0 Å². The van der Waals surface area contributed by atoms with Crippen LogP contribution in [-0.4, -0.2) is 58.3 Å². The number of allylic oxidation sites excluding steroid dienone is 4. The maximum atomic E-state index is 14.0. The number of aromatic nitrogens is 2. The van der Waals surface area contributed by atoms with E-state index < -0.39 is 29.8 Å². The molecule has 1 aliphatic carbocycles. The minimum absolute atomic E-state index is 0.0925. The number of amides is 2. The summed E-state index contributed by atoms with van der Waals surface area (Å²) in [5.74, 6) is 0.546. The SMILES string of the molecule is COC1=C(c2cc(NC(=O)C3CC(F)CN3C(=O)OC(C)(C)C)ncn2)C=CCC1. The Labute approximate surface area is 175 Å². The maximum Gasteiger partial charge on any atom is 0.411 e. The van der Waals surface area contributed by atoms with Crippen LogP contribution in [0.15, 0.2) is 30.3 Å².